The fraction of sp³-hybridized carbons (Fsp3) is 0.167. The van der Waals surface area contributed by atoms with Crippen molar-refractivity contribution in [3.05, 3.63) is 38.0 Å². The highest BCUT2D eigenvalue weighted by molar-refractivity contribution is 9.10. The Bertz CT molecular complexity index is 929. The van der Waals surface area contributed by atoms with E-state index in [0.29, 0.717) is 12.1 Å². The number of alkyl halides is 6. The topological polar surface area (TPSA) is 58.7 Å². The number of nitrogens with zero attached hydrogens (tertiary/aromatic N) is 3. The first-order valence-electron chi connectivity index (χ1n) is 6.02. The first-order valence-corrected chi connectivity index (χ1v) is 9.48. The van der Waals surface area contributed by atoms with Crippen molar-refractivity contribution in [1.82, 2.24) is 9.78 Å². The lowest BCUT2D eigenvalue weighted by molar-refractivity contribution is -0.137. The number of halogens is 9. The molecule has 4 nitrogen and oxygen atoms in total. The quantitative estimate of drug-likeness (QED) is 0.359. The maximum Gasteiger partial charge on any atom is 0.416 e. The van der Waals surface area contributed by atoms with Crippen LogP contribution in [0.3, 0.4) is 0 Å². The summed E-state index contributed by atoms with van der Waals surface area (Å²) in [4.78, 5) is -0.521. The van der Waals surface area contributed by atoms with Gasteiger partial charge in [0.25, 0.3) is 0 Å². The van der Waals surface area contributed by atoms with Crippen molar-refractivity contribution in [3.8, 4) is 11.8 Å². The Kier molecular flexibility index (Phi) is 6.23. The highest BCUT2D eigenvalue weighted by atomic mass is 79.9. The second kappa shape index (κ2) is 7.45. The van der Waals surface area contributed by atoms with Gasteiger partial charge in [0.15, 0.2) is 5.69 Å². The first kappa shape index (κ1) is 21.7. The minimum atomic E-state index is -4.71. The lowest BCUT2D eigenvalue weighted by Crippen LogP contribution is -2.14. The molecule has 1 aromatic carbocycles. The van der Waals surface area contributed by atoms with Gasteiger partial charge < -0.3 is 0 Å². The maximum absolute atomic E-state index is 13.6. The molecule has 0 N–H and O–H groups in total. The summed E-state index contributed by atoms with van der Waals surface area (Å²) in [5, 5.41) is 11.9. The van der Waals surface area contributed by atoms with Crippen molar-refractivity contribution in [2.75, 3.05) is 0 Å². The number of benzene rings is 1. The van der Waals surface area contributed by atoms with E-state index in [9.17, 15) is 21.8 Å². The molecule has 2 aromatic rings. The largest absolute Gasteiger partial charge is 0.416 e. The van der Waals surface area contributed by atoms with Gasteiger partial charge in [0.2, 0.25) is 0 Å². The minimum Gasteiger partial charge on any atom is -0.248 e. The van der Waals surface area contributed by atoms with Crippen molar-refractivity contribution in [2.24, 2.45) is 0 Å². The molecule has 0 radical (unpaired) electrons. The van der Waals surface area contributed by atoms with Crippen LogP contribution in [0, 0.1) is 11.3 Å². The fourth-order valence-corrected chi connectivity index (χ4v) is 4.54. The number of rotatable bonds is 3. The molecule has 26 heavy (non-hydrogen) atoms. The van der Waals surface area contributed by atoms with Crippen molar-refractivity contribution in [1.29, 1.82) is 5.26 Å². The van der Waals surface area contributed by atoms with Gasteiger partial charge in [-0.2, -0.15) is 27.9 Å². The molecule has 0 spiro atoms. The van der Waals surface area contributed by atoms with Crippen LogP contribution >= 0.6 is 62.3 Å². The molecule has 1 heterocycles. The van der Waals surface area contributed by atoms with E-state index >= 15 is 0 Å². The van der Waals surface area contributed by atoms with E-state index in [0.717, 1.165) is 4.68 Å². The van der Waals surface area contributed by atoms with Crippen LogP contribution in [0.2, 0.25) is 10.0 Å². The van der Waals surface area contributed by atoms with E-state index in [1.54, 1.807) is 6.07 Å². The van der Waals surface area contributed by atoms with E-state index in [4.69, 9.17) is 51.7 Å². The Morgan fingerprint density at radius 1 is 1.19 bits per heavy atom. The molecule has 0 aliphatic rings. The number of hydrogen-bond donors (Lipinski definition) is 0. The van der Waals surface area contributed by atoms with Gasteiger partial charge in [-0.25, -0.2) is 8.89 Å². The average molecular weight is 534 g/mol. The molecule has 0 fully saturated rings. The Labute approximate surface area is 174 Å². The Hall–Kier alpha value is -0.570. The van der Waals surface area contributed by atoms with Crippen LogP contribution in [-0.4, -0.2) is 17.9 Å². The minimum absolute atomic E-state index is 0.262. The number of hydrogen-bond acceptors (Lipinski definition) is 3. The smallest absolute Gasteiger partial charge is 0.248 e. The van der Waals surface area contributed by atoms with Crippen LogP contribution in [0.1, 0.15) is 11.3 Å². The summed E-state index contributed by atoms with van der Waals surface area (Å²) in [7, 11) is -2.76. The number of aromatic nitrogens is 2. The highest BCUT2D eigenvalue weighted by Gasteiger charge is 2.39. The summed E-state index contributed by atoms with van der Waals surface area (Å²) < 4.78 is 61.4. The predicted octanol–water partition coefficient (Wildman–Crippen LogP) is 6.00. The van der Waals surface area contributed by atoms with Crippen molar-refractivity contribution in [3.63, 3.8) is 0 Å². The highest BCUT2D eigenvalue weighted by Crippen LogP contribution is 2.41. The summed E-state index contributed by atoms with van der Waals surface area (Å²) in [6.45, 7) is 0. The zero-order valence-electron chi connectivity index (χ0n) is 11.7. The Balaban J connectivity index is 2.75. The second-order valence-electron chi connectivity index (χ2n) is 4.49. The standard InChI is InChI=1S/C12H2BrCl4F4N3OS/c13-10-9(26(25)12(16,17)21)7(3-22)23-24(10)8-5(14)1-4(2-6(8)15)11(18,19)20/h1-2H. The van der Waals surface area contributed by atoms with Gasteiger partial charge in [-0.1, -0.05) is 46.4 Å². The van der Waals surface area contributed by atoms with Crippen LogP contribution < -0.4 is 0 Å². The zero-order valence-corrected chi connectivity index (χ0v) is 17.1. The van der Waals surface area contributed by atoms with Crippen molar-refractivity contribution < 1.29 is 21.8 Å². The van der Waals surface area contributed by atoms with Gasteiger partial charge in [-0.3, -0.25) is 0 Å². The maximum atomic E-state index is 13.6. The molecular formula is C12H2BrCl4F4N3OS. The molecule has 1 aromatic heterocycles. The van der Waals surface area contributed by atoms with E-state index in [1.807, 2.05) is 0 Å². The van der Waals surface area contributed by atoms with Gasteiger partial charge in [0.05, 0.1) is 15.6 Å². The Morgan fingerprint density at radius 3 is 2.08 bits per heavy atom. The second-order valence-corrected chi connectivity index (χ2v) is 9.25. The summed E-state index contributed by atoms with van der Waals surface area (Å²) in [6, 6.07) is 2.72. The lowest BCUT2D eigenvalue weighted by Gasteiger charge is -2.13. The van der Waals surface area contributed by atoms with Gasteiger partial charge >= 0.3 is 10.1 Å². The van der Waals surface area contributed by atoms with Gasteiger partial charge in [-0.05, 0) is 28.1 Å². The molecule has 1 atom stereocenters. The van der Waals surface area contributed by atoms with Gasteiger partial charge in [0, 0.05) is 0 Å². The lowest BCUT2D eigenvalue weighted by atomic mass is 10.2. The first-order chi connectivity index (χ1) is 11.8. The summed E-state index contributed by atoms with van der Waals surface area (Å²) >= 11 is 25.0. The Morgan fingerprint density at radius 2 is 1.69 bits per heavy atom. The molecular weight excluding hydrogens is 532 g/mol. The van der Waals surface area contributed by atoms with E-state index in [-0.39, 0.29) is 10.3 Å². The van der Waals surface area contributed by atoms with E-state index in [1.165, 1.54) is 0 Å². The zero-order chi connectivity index (χ0) is 20.0. The molecule has 140 valence electrons. The van der Waals surface area contributed by atoms with Gasteiger partial charge in [-0.15, -0.1) is 0 Å². The third-order valence-corrected chi connectivity index (χ3v) is 6.44. The van der Waals surface area contributed by atoms with E-state index in [2.05, 4.69) is 21.0 Å². The van der Waals surface area contributed by atoms with Crippen molar-refractivity contribution in [2.45, 2.75) is 15.0 Å². The van der Waals surface area contributed by atoms with Crippen LogP contribution in [0.25, 0.3) is 5.69 Å². The third-order valence-electron chi connectivity index (χ3n) is 2.85. The van der Waals surface area contributed by atoms with Crippen LogP contribution in [0.15, 0.2) is 21.6 Å². The summed E-state index contributed by atoms with van der Waals surface area (Å²) in [5.74, 6) is 0. The summed E-state index contributed by atoms with van der Waals surface area (Å²) in [5.41, 5.74) is -1.93. The SMILES string of the molecule is N#Cc1nn(-c2c(Cl)cc(C(F)(F)F)cc2Cl)c(Br)c1S(=O)C(F)(Cl)Cl. The molecule has 0 bridgehead atoms. The average Bonchev–Trinajstić information content (AvgIpc) is 2.80. The van der Waals surface area contributed by atoms with Crippen molar-refractivity contribution >= 4 is 73.1 Å². The summed E-state index contributed by atoms with van der Waals surface area (Å²) in [6.07, 6.45) is -4.71. The molecule has 0 amide bonds. The number of nitriles is 1. The fourth-order valence-electron chi connectivity index (χ4n) is 1.82. The van der Waals surface area contributed by atoms with Crippen LogP contribution in [0.4, 0.5) is 17.6 Å². The molecule has 0 saturated heterocycles. The normalized spacial score (nSPS) is 13.5. The third kappa shape index (κ3) is 4.13. The molecule has 0 aliphatic heterocycles. The van der Waals surface area contributed by atoms with Gasteiger partial charge in [0.1, 0.15) is 32.1 Å². The molecule has 0 aliphatic carbocycles. The molecule has 1 unspecified atom stereocenters. The molecule has 0 saturated carbocycles. The molecule has 2 rings (SSSR count). The van der Waals surface area contributed by atoms with Crippen LogP contribution in [-0.2, 0) is 17.0 Å². The van der Waals surface area contributed by atoms with Crippen LogP contribution in [0.5, 0.6) is 0 Å². The predicted molar refractivity (Wildman–Crippen MR) is 93.0 cm³/mol. The molecule has 14 heteroatoms. The van der Waals surface area contributed by atoms with E-state index < -0.39 is 47.1 Å². The monoisotopic (exact) mass is 531 g/mol.